The Balaban J connectivity index is 2.75. The largest absolute Gasteiger partial charge is 0.355 e. The molecule has 0 saturated carbocycles. The molecule has 0 amide bonds. The predicted molar refractivity (Wildman–Crippen MR) is 72.7 cm³/mol. The average molecular weight is 252 g/mol. The van der Waals surface area contributed by atoms with Gasteiger partial charge < -0.3 is 14.8 Å². The Hall–Kier alpha value is -0.970. The second kappa shape index (κ2) is 6.83. The van der Waals surface area contributed by atoms with E-state index in [4.69, 9.17) is 9.47 Å². The first kappa shape index (κ1) is 15.1. The van der Waals surface area contributed by atoms with Gasteiger partial charge in [0.15, 0.2) is 6.29 Å². The standard InChI is InChI=1S/C14H24N2O2/c1-9-7-10(2)16-12(4)14(9)11(3)15-8-13(17-5)18-6/h7,11,13,15H,8H2,1-6H3. The maximum absolute atomic E-state index is 5.16. The van der Waals surface area contributed by atoms with Crippen LogP contribution < -0.4 is 5.32 Å². The molecule has 1 unspecified atom stereocenters. The fourth-order valence-corrected chi connectivity index (χ4v) is 2.33. The van der Waals surface area contributed by atoms with Crippen LogP contribution in [0.15, 0.2) is 6.07 Å². The highest BCUT2D eigenvalue weighted by atomic mass is 16.7. The van der Waals surface area contributed by atoms with Crippen LogP contribution in [-0.2, 0) is 9.47 Å². The van der Waals surface area contributed by atoms with Crippen LogP contribution in [0, 0.1) is 20.8 Å². The van der Waals surface area contributed by atoms with Gasteiger partial charge in [-0.2, -0.15) is 0 Å². The summed E-state index contributed by atoms with van der Waals surface area (Å²) in [5.41, 5.74) is 4.67. The molecule has 0 spiro atoms. The molecule has 0 aromatic carbocycles. The summed E-state index contributed by atoms with van der Waals surface area (Å²) in [5, 5.41) is 3.41. The van der Waals surface area contributed by atoms with Gasteiger partial charge in [0.2, 0.25) is 0 Å². The first-order chi connectivity index (χ1) is 8.49. The molecule has 0 fully saturated rings. The summed E-state index contributed by atoms with van der Waals surface area (Å²) in [6.07, 6.45) is -0.216. The number of aromatic nitrogens is 1. The Morgan fingerprint density at radius 2 is 1.83 bits per heavy atom. The minimum absolute atomic E-state index is 0.216. The van der Waals surface area contributed by atoms with E-state index in [-0.39, 0.29) is 12.3 Å². The van der Waals surface area contributed by atoms with E-state index < -0.39 is 0 Å². The number of nitrogens with zero attached hydrogens (tertiary/aromatic N) is 1. The molecule has 0 radical (unpaired) electrons. The molecule has 1 rings (SSSR count). The first-order valence-electron chi connectivity index (χ1n) is 6.23. The van der Waals surface area contributed by atoms with E-state index >= 15 is 0 Å². The van der Waals surface area contributed by atoms with E-state index in [0.29, 0.717) is 6.54 Å². The molecular weight excluding hydrogens is 228 g/mol. The third kappa shape index (κ3) is 3.77. The zero-order valence-electron chi connectivity index (χ0n) is 12.2. The lowest BCUT2D eigenvalue weighted by atomic mass is 10.0. The molecule has 0 aliphatic heterocycles. The summed E-state index contributed by atoms with van der Waals surface area (Å²) < 4.78 is 10.3. The van der Waals surface area contributed by atoms with Gasteiger partial charge in [0.1, 0.15) is 0 Å². The Bertz CT molecular complexity index is 366. The molecule has 1 aromatic heterocycles. The highest BCUT2D eigenvalue weighted by Crippen LogP contribution is 2.21. The second-order valence-corrected chi connectivity index (χ2v) is 4.61. The quantitative estimate of drug-likeness (QED) is 0.789. The summed E-state index contributed by atoms with van der Waals surface area (Å²) in [6.45, 7) is 8.99. The molecule has 0 aliphatic rings. The van der Waals surface area contributed by atoms with E-state index in [1.807, 2.05) is 6.92 Å². The molecule has 0 saturated heterocycles. The van der Waals surface area contributed by atoms with Crippen LogP contribution in [0.1, 0.15) is 35.5 Å². The van der Waals surface area contributed by atoms with Crippen molar-refractivity contribution in [1.82, 2.24) is 10.3 Å². The Morgan fingerprint density at radius 3 is 2.33 bits per heavy atom. The van der Waals surface area contributed by atoms with E-state index in [1.54, 1.807) is 14.2 Å². The maximum atomic E-state index is 5.16. The molecule has 1 aromatic rings. The second-order valence-electron chi connectivity index (χ2n) is 4.61. The lowest BCUT2D eigenvalue weighted by molar-refractivity contribution is -0.0997. The third-order valence-electron chi connectivity index (χ3n) is 3.13. The van der Waals surface area contributed by atoms with Crippen LogP contribution in [0.3, 0.4) is 0 Å². The van der Waals surface area contributed by atoms with Gasteiger partial charge in [0.25, 0.3) is 0 Å². The van der Waals surface area contributed by atoms with E-state index in [2.05, 4.69) is 37.1 Å². The average Bonchev–Trinajstić information content (AvgIpc) is 2.28. The van der Waals surface area contributed by atoms with Crippen molar-refractivity contribution in [3.63, 3.8) is 0 Å². The van der Waals surface area contributed by atoms with Crippen LogP contribution >= 0.6 is 0 Å². The molecule has 0 aliphatic carbocycles. The van der Waals surface area contributed by atoms with Crippen molar-refractivity contribution in [2.24, 2.45) is 0 Å². The number of nitrogens with one attached hydrogen (secondary N) is 1. The fourth-order valence-electron chi connectivity index (χ4n) is 2.33. The Labute approximate surface area is 110 Å². The third-order valence-corrected chi connectivity index (χ3v) is 3.13. The van der Waals surface area contributed by atoms with Crippen molar-refractivity contribution in [3.8, 4) is 0 Å². The zero-order chi connectivity index (χ0) is 13.7. The lowest BCUT2D eigenvalue weighted by Crippen LogP contribution is -2.32. The SMILES string of the molecule is COC(CNC(C)c1c(C)cc(C)nc1C)OC. The zero-order valence-corrected chi connectivity index (χ0v) is 12.2. The van der Waals surface area contributed by atoms with Gasteiger partial charge in [-0.1, -0.05) is 0 Å². The lowest BCUT2D eigenvalue weighted by Gasteiger charge is -2.21. The van der Waals surface area contributed by atoms with Crippen LogP contribution in [-0.4, -0.2) is 32.0 Å². The fraction of sp³-hybridized carbons (Fsp3) is 0.643. The number of aryl methyl sites for hydroxylation is 3. The molecule has 4 heteroatoms. The van der Waals surface area contributed by atoms with Crippen LogP contribution in [0.5, 0.6) is 0 Å². The van der Waals surface area contributed by atoms with E-state index in [9.17, 15) is 0 Å². The van der Waals surface area contributed by atoms with Crippen LogP contribution in [0.4, 0.5) is 0 Å². The normalized spacial score (nSPS) is 13.1. The molecule has 102 valence electrons. The molecule has 18 heavy (non-hydrogen) atoms. The van der Waals surface area contributed by atoms with Gasteiger partial charge in [-0.05, 0) is 44.9 Å². The summed E-state index contributed by atoms with van der Waals surface area (Å²) in [4.78, 5) is 4.52. The maximum Gasteiger partial charge on any atom is 0.169 e. The minimum Gasteiger partial charge on any atom is -0.355 e. The van der Waals surface area contributed by atoms with Crippen molar-refractivity contribution in [3.05, 3.63) is 28.6 Å². The summed E-state index contributed by atoms with van der Waals surface area (Å²) in [6, 6.07) is 2.34. The van der Waals surface area contributed by atoms with Gasteiger partial charge in [-0.3, -0.25) is 4.98 Å². The van der Waals surface area contributed by atoms with Gasteiger partial charge in [-0.25, -0.2) is 0 Å². The van der Waals surface area contributed by atoms with E-state index in [1.165, 1.54) is 11.1 Å². The predicted octanol–water partition coefficient (Wildman–Crippen LogP) is 2.28. The summed E-state index contributed by atoms with van der Waals surface area (Å²) >= 11 is 0. The summed E-state index contributed by atoms with van der Waals surface area (Å²) in [5.74, 6) is 0. The van der Waals surface area contributed by atoms with Gasteiger partial charge in [-0.15, -0.1) is 0 Å². The molecule has 4 nitrogen and oxygen atoms in total. The first-order valence-corrected chi connectivity index (χ1v) is 6.23. The minimum atomic E-state index is -0.216. The van der Waals surface area contributed by atoms with Gasteiger partial charge in [0, 0.05) is 38.2 Å². The van der Waals surface area contributed by atoms with Gasteiger partial charge >= 0.3 is 0 Å². The number of hydrogen-bond donors (Lipinski definition) is 1. The molecular formula is C14H24N2O2. The molecule has 1 heterocycles. The van der Waals surface area contributed by atoms with Crippen LogP contribution in [0.2, 0.25) is 0 Å². The molecule has 1 N–H and O–H groups in total. The molecule has 1 atom stereocenters. The topological polar surface area (TPSA) is 43.4 Å². The number of ether oxygens (including phenoxy) is 2. The van der Waals surface area contributed by atoms with Crippen molar-refractivity contribution in [2.45, 2.75) is 40.0 Å². The number of hydrogen-bond acceptors (Lipinski definition) is 4. The monoisotopic (exact) mass is 252 g/mol. The molecule has 0 bridgehead atoms. The highest BCUT2D eigenvalue weighted by molar-refractivity contribution is 5.33. The summed E-state index contributed by atoms with van der Waals surface area (Å²) in [7, 11) is 3.29. The van der Waals surface area contributed by atoms with Crippen molar-refractivity contribution in [2.75, 3.05) is 20.8 Å². The number of pyridine rings is 1. The Kier molecular flexibility index (Phi) is 5.72. The number of rotatable bonds is 6. The Morgan fingerprint density at radius 1 is 1.22 bits per heavy atom. The van der Waals surface area contributed by atoms with E-state index in [0.717, 1.165) is 11.4 Å². The smallest absolute Gasteiger partial charge is 0.169 e. The van der Waals surface area contributed by atoms with Crippen molar-refractivity contribution < 1.29 is 9.47 Å². The highest BCUT2D eigenvalue weighted by Gasteiger charge is 2.14. The van der Waals surface area contributed by atoms with Crippen molar-refractivity contribution in [1.29, 1.82) is 0 Å². The van der Waals surface area contributed by atoms with Crippen LogP contribution in [0.25, 0.3) is 0 Å². The van der Waals surface area contributed by atoms with Crippen molar-refractivity contribution >= 4 is 0 Å². The number of methoxy groups -OCH3 is 2. The van der Waals surface area contributed by atoms with Gasteiger partial charge in [0.05, 0.1) is 0 Å².